The highest BCUT2D eigenvalue weighted by Gasteiger charge is 2.43. The molecule has 3 rings (SSSR count). The Balaban J connectivity index is 2.28. The normalized spacial score (nSPS) is 21.1. The van der Waals surface area contributed by atoms with Crippen molar-refractivity contribution in [3.63, 3.8) is 0 Å². The third kappa shape index (κ3) is 1.68. The molecule has 1 N–H and O–H groups in total. The Hall–Kier alpha value is -1.81. The first-order valence-electron chi connectivity index (χ1n) is 6.40. The molecule has 0 bridgehead atoms. The summed E-state index contributed by atoms with van der Waals surface area (Å²) in [5.41, 5.74) is -1.37. The maximum atomic E-state index is 14.3. The van der Waals surface area contributed by atoms with Crippen LogP contribution in [0.15, 0.2) is 30.3 Å². The number of fused-ring (bicyclic) bond motifs is 1. The summed E-state index contributed by atoms with van der Waals surface area (Å²) in [4.78, 5) is 0. The summed E-state index contributed by atoms with van der Waals surface area (Å²) in [6.45, 7) is 1.50. The van der Waals surface area contributed by atoms with Crippen LogP contribution in [0.5, 0.6) is 0 Å². The van der Waals surface area contributed by atoms with E-state index in [9.17, 15) is 18.3 Å². The predicted molar refractivity (Wildman–Crippen MR) is 68.8 cm³/mol. The lowest BCUT2D eigenvalue weighted by Crippen LogP contribution is -2.27. The van der Waals surface area contributed by atoms with Crippen LogP contribution in [0.3, 0.4) is 0 Å². The van der Waals surface area contributed by atoms with Crippen LogP contribution in [0.25, 0.3) is 0 Å². The minimum atomic E-state index is -1.81. The lowest BCUT2D eigenvalue weighted by molar-refractivity contribution is 0.0744. The van der Waals surface area contributed by atoms with E-state index in [-0.39, 0.29) is 29.5 Å². The van der Waals surface area contributed by atoms with Crippen LogP contribution in [0.4, 0.5) is 13.2 Å². The molecule has 0 aliphatic heterocycles. The van der Waals surface area contributed by atoms with E-state index in [0.29, 0.717) is 5.56 Å². The maximum absolute atomic E-state index is 14.3. The Morgan fingerprint density at radius 1 is 1.05 bits per heavy atom. The molecule has 2 aromatic rings. The smallest absolute Gasteiger partial charge is 0.135 e. The van der Waals surface area contributed by atoms with Gasteiger partial charge in [-0.25, -0.2) is 13.2 Å². The standard InChI is InChI=1S/C16H13F3O/c1-9-5-6-13(18)14(15(9)19)16(20)8-7-10-11(16)3-2-4-12(10)17/h2-6,20H,7-8H2,1H3. The average molecular weight is 278 g/mol. The van der Waals surface area contributed by atoms with Gasteiger partial charge in [-0.2, -0.15) is 0 Å². The van der Waals surface area contributed by atoms with Crippen molar-refractivity contribution in [3.05, 3.63) is 70.0 Å². The third-order valence-electron chi connectivity index (χ3n) is 4.00. The minimum Gasteiger partial charge on any atom is -0.380 e. The molecule has 0 fully saturated rings. The Bertz CT molecular complexity index is 696. The molecule has 1 unspecified atom stereocenters. The number of aliphatic hydroxyl groups is 1. The Kier molecular flexibility index (Phi) is 2.87. The SMILES string of the molecule is Cc1ccc(F)c(C2(O)CCc3c(F)cccc32)c1F. The van der Waals surface area contributed by atoms with Crippen LogP contribution in [0.1, 0.15) is 28.7 Å². The van der Waals surface area contributed by atoms with Crippen LogP contribution in [0.2, 0.25) is 0 Å². The van der Waals surface area contributed by atoms with E-state index in [4.69, 9.17) is 0 Å². The molecule has 1 atom stereocenters. The quantitative estimate of drug-likeness (QED) is 0.845. The second-order valence-electron chi connectivity index (χ2n) is 5.18. The summed E-state index contributed by atoms with van der Waals surface area (Å²) >= 11 is 0. The van der Waals surface area contributed by atoms with Crippen LogP contribution < -0.4 is 0 Å². The van der Waals surface area contributed by atoms with Gasteiger partial charge in [-0.15, -0.1) is 0 Å². The molecule has 0 heterocycles. The van der Waals surface area contributed by atoms with Crippen LogP contribution in [-0.4, -0.2) is 5.11 Å². The lowest BCUT2D eigenvalue weighted by Gasteiger charge is -2.26. The molecule has 1 aliphatic rings. The Morgan fingerprint density at radius 2 is 1.80 bits per heavy atom. The molecule has 0 aromatic heterocycles. The highest BCUT2D eigenvalue weighted by Crippen LogP contribution is 2.44. The molecule has 2 aromatic carbocycles. The zero-order valence-corrected chi connectivity index (χ0v) is 10.9. The maximum Gasteiger partial charge on any atom is 0.135 e. The van der Waals surface area contributed by atoms with E-state index in [1.807, 2.05) is 0 Å². The van der Waals surface area contributed by atoms with E-state index < -0.39 is 23.1 Å². The van der Waals surface area contributed by atoms with E-state index in [0.717, 1.165) is 6.07 Å². The number of halogens is 3. The zero-order valence-electron chi connectivity index (χ0n) is 10.9. The number of aryl methyl sites for hydroxylation is 1. The molecule has 0 amide bonds. The summed E-state index contributed by atoms with van der Waals surface area (Å²) < 4.78 is 42.0. The van der Waals surface area contributed by atoms with Crippen LogP contribution >= 0.6 is 0 Å². The summed E-state index contributed by atoms with van der Waals surface area (Å²) in [7, 11) is 0. The molecule has 0 saturated carbocycles. The Morgan fingerprint density at radius 3 is 2.55 bits per heavy atom. The molecular formula is C16H13F3O. The monoisotopic (exact) mass is 278 g/mol. The van der Waals surface area contributed by atoms with E-state index >= 15 is 0 Å². The van der Waals surface area contributed by atoms with Gasteiger partial charge < -0.3 is 5.11 Å². The molecule has 4 heteroatoms. The van der Waals surface area contributed by atoms with Crippen molar-refractivity contribution >= 4 is 0 Å². The molecule has 104 valence electrons. The minimum absolute atomic E-state index is 0.0700. The van der Waals surface area contributed by atoms with Gasteiger partial charge in [-0.05, 0) is 48.6 Å². The first-order chi connectivity index (χ1) is 9.45. The van der Waals surface area contributed by atoms with Gasteiger partial charge in [0.1, 0.15) is 23.1 Å². The van der Waals surface area contributed by atoms with Crippen molar-refractivity contribution in [3.8, 4) is 0 Å². The molecule has 0 radical (unpaired) electrons. The van der Waals surface area contributed by atoms with Gasteiger partial charge >= 0.3 is 0 Å². The van der Waals surface area contributed by atoms with Crippen molar-refractivity contribution in [2.75, 3.05) is 0 Å². The summed E-state index contributed by atoms with van der Waals surface area (Å²) in [6.07, 6.45) is 0.325. The fourth-order valence-corrected chi connectivity index (χ4v) is 2.94. The van der Waals surface area contributed by atoms with Gasteiger partial charge in [-0.1, -0.05) is 18.2 Å². The van der Waals surface area contributed by atoms with Gasteiger partial charge in [-0.3, -0.25) is 0 Å². The summed E-state index contributed by atoms with van der Waals surface area (Å²) in [5, 5.41) is 10.8. The highest BCUT2D eigenvalue weighted by atomic mass is 19.1. The summed E-state index contributed by atoms with van der Waals surface area (Å²) in [5.74, 6) is -2.04. The van der Waals surface area contributed by atoms with Gasteiger partial charge in [0.05, 0.1) is 5.56 Å². The third-order valence-corrected chi connectivity index (χ3v) is 4.00. The van der Waals surface area contributed by atoms with E-state index in [1.54, 1.807) is 0 Å². The van der Waals surface area contributed by atoms with Gasteiger partial charge in [0.25, 0.3) is 0 Å². The van der Waals surface area contributed by atoms with Crippen LogP contribution in [0, 0.1) is 24.4 Å². The molecule has 1 nitrogen and oxygen atoms in total. The average Bonchev–Trinajstić information content (AvgIpc) is 2.75. The van der Waals surface area contributed by atoms with Crippen molar-refractivity contribution < 1.29 is 18.3 Å². The predicted octanol–water partition coefficient (Wildman–Crippen LogP) is 3.59. The van der Waals surface area contributed by atoms with Gasteiger partial charge in [0.2, 0.25) is 0 Å². The van der Waals surface area contributed by atoms with Crippen molar-refractivity contribution in [1.82, 2.24) is 0 Å². The molecular weight excluding hydrogens is 265 g/mol. The molecule has 20 heavy (non-hydrogen) atoms. The largest absolute Gasteiger partial charge is 0.380 e. The van der Waals surface area contributed by atoms with E-state index in [1.165, 1.54) is 31.2 Å². The zero-order chi connectivity index (χ0) is 14.5. The van der Waals surface area contributed by atoms with Gasteiger partial charge in [0.15, 0.2) is 0 Å². The first-order valence-corrected chi connectivity index (χ1v) is 6.40. The molecule has 0 saturated heterocycles. The number of benzene rings is 2. The highest BCUT2D eigenvalue weighted by molar-refractivity contribution is 5.47. The lowest BCUT2D eigenvalue weighted by atomic mass is 9.86. The summed E-state index contributed by atoms with van der Waals surface area (Å²) in [6, 6.07) is 6.69. The van der Waals surface area contributed by atoms with Crippen LogP contribution in [-0.2, 0) is 12.0 Å². The topological polar surface area (TPSA) is 20.2 Å². The van der Waals surface area contributed by atoms with E-state index in [2.05, 4.69) is 0 Å². The fraction of sp³-hybridized carbons (Fsp3) is 0.250. The Labute approximate surface area is 114 Å². The van der Waals surface area contributed by atoms with Crippen molar-refractivity contribution in [1.29, 1.82) is 0 Å². The molecule has 0 spiro atoms. The number of hydrogen-bond donors (Lipinski definition) is 1. The second-order valence-corrected chi connectivity index (χ2v) is 5.18. The van der Waals surface area contributed by atoms with Crippen molar-refractivity contribution in [2.24, 2.45) is 0 Å². The second kappa shape index (κ2) is 4.35. The fourth-order valence-electron chi connectivity index (χ4n) is 2.94. The van der Waals surface area contributed by atoms with Crippen molar-refractivity contribution in [2.45, 2.75) is 25.4 Å². The van der Waals surface area contributed by atoms with Gasteiger partial charge in [0, 0.05) is 0 Å². The first kappa shape index (κ1) is 13.2. The number of rotatable bonds is 1. The molecule has 1 aliphatic carbocycles. The number of hydrogen-bond acceptors (Lipinski definition) is 1.